The highest BCUT2D eigenvalue weighted by atomic mass is 16.5. The van der Waals surface area contributed by atoms with Gasteiger partial charge in [0.15, 0.2) is 0 Å². The number of nitrogens with zero attached hydrogens (tertiary/aromatic N) is 2. The molecule has 2 aromatic rings. The molecule has 1 aromatic heterocycles. The normalized spacial score (nSPS) is 10.2. The van der Waals surface area contributed by atoms with Gasteiger partial charge in [-0.05, 0) is 19.1 Å². The van der Waals surface area contributed by atoms with Crippen molar-refractivity contribution in [2.45, 2.75) is 20.0 Å². The van der Waals surface area contributed by atoms with Gasteiger partial charge in [0.25, 0.3) is 0 Å². The quantitative estimate of drug-likeness (QED) is 0.859. The Bertz CT molecular complexity index is 479. The summed E-state index contributed by atoms with van der Waals surface area (Å²) in [5.74, 6) is 0.860. The molecule has 0 unspecified atom stereocenters. The van der Waals surface area contributed by atoms with Crippen LogP contribution in [-0.4, -0.2) is 16.9 Å². The molecule has 0 spiro atoms. The van der Waals surface area contributed by atoms with Gasteiger partial charge in [-0.3, -0.25) is 4.68 Å². The number of anilines is 1. The Balaban J connectivity index is 1.96. The van der Waals surface area contributed by atoms with Crippen molar-refractivity contribution < 1.29 is 4.74 Å². The standard InChI is InChI=1S/C13H17N3O/c1-3-16-10-11(9-15-16)8-14-12-5-4-6-13(7-12)17-2/h4-7,9-10,14H,3,8H2,1-2H3. The summed E-state index contributed by atoms with van der Waals surface area (Å²) in [7, 11) is 1.67. The molecule has 17 heavy (non-hydrogen) atoms. The Hall–Kier alpha value is -1.97. The highest BCUT2D eigenvalue weighted by Gasteiger charge is 1.98. The predicted octanol–water partition coefficient (Wildman–Crippen LogP) is 2.52. The van der Waals surface area contributed by atoms with E-state index in [1.54, 1.807) is 7.11 Å². The maximum atomic E-state index is 5.17. The number of ether oxygens (including phenoxy) is 1. The number of benzene rings is 1. The van der Waals surface area contributed by atoms with Crippen molar-refractivity contribution >= 4 is 5.69 Å². The zero-order chi connectivity index (χ0) is 12.1. The van der Waals surface area contributed by atoms with E-state index in [9.17, 15) is 0 Å². The molecule has 1 aromatic carbocycles. The predicted molar refractivity (Wildman–Crippen MR) is 68.2 cm³/mol. The van der Waals surface area contributed by atoms with Crippen LogP contribution < -0.4 is 10.1 Å². The Morgan fingerprint density at radius 2 is 2.29 bits per heavy atom. The summed E-state index contributed by atoms with van der Waals surface area (Å²) in [6.45, 7) is 3.75. The Labute approximate surface area is 101 Å². The van der Waals surface area contributed by atoms with Crippen molar-refractivity contribution in [3.63, 3.8) is 0 Å². The van der Waals surface area contributed by atoms with Gasteiger partial charge in [0.2, 0.25) is 0 Å². The van der Waals surface area contributed by atoms with Crippen molar-refractivity contribution in [1.29, 1.82) is 0 Å². The maximum absolute atomic E-state index is 5.17. The third-order valence-corrected chi connectivity index (χ3v) is 2.58. The first-order valence-corrected chi connectivity index (χ1v) is 5.71. The summed E-state index contributed by atoms with van der Waals surface area (Å²) < 4.78 is 7.09. The van der Waals surface area contributed by atoms with Crippen LogP contribution in [-0.2, 0) is 13.1 Å². The number of rotatable bonds is 5. The van der Waals surface area contributed by atoms with Crippen molar-refractivity contribution in [3.05, 3.63) is 42.2 Å². The summed E-state index contributed by atoms with van der Waals surface area (Å²) in [6, 6.07) is 7.90. The average Bonchev–Trinajstić information content (AvgIpc) is 2.84. The second-order valence-corrected chi connectivity index (χ2v) is 3.79. The van der Waals surface area contributed by atoms with Crippen LogP contribution in [0.1, 0.15) is 12.5 Å². The van der Waals surface area contributed by atoms with Gasteiger partial charge in [0.05, 0.1) is 13.3 Å². The van der Waals surface area contributed by atoms with E-state index in [-0.39, 0.29) is 0 Å². The second-order valence-electron chi connectivity index (χ2n) is 3.79. The smallest absolute Gasteiger partial charge is 0.120 e. The maximum Gasteiger partial charge on any atom is 0.120 e. The fraction of sp³-hybridized carbons (Fsp3) is 0.308. The monoisotopic (exact) mass is 231 g/mol. The van der Waals surface area contributed by atoms with Gasteiger partial charge in [-0.1, -0.05) is 6.07 Å². The number of aromatic nitrogens is 2. The number of aryl methyl sites for hydroxylation is 1. The summed E-state index contributed by atoms with van der Waals surface area (Å²) in [5, 5.41) is 7.57. The Morgan fingerprint density at radius 3 is 3.00 bits per heavy atom. The number of nitrogens with one attached hydrogen (secondary N) is 1. The fourth-order valence-corrected chi connectivity index (χ4v) is 1.61. The van der Waals surface area contributed by atoms with Crippen LogP contribution in [0.3, 0.4) is 0 Å². The molecule has 1 N–H and O–H groups in total. The SMILES string of the molecule is CCn1cc(CNc2cccc(OC)c2)cn1. The lowest BCUT2D eigenvalue weighted by Gasteiger charge is -2.06. The van der Waals surface area contributed by atoms with E-state index >= 15 is 0 Å². The van der Waals surface area contributed by atoms with E-state index in [2.05, 4.69) is 17.3 Å². The van der Waals surface area contributed by atoms with Crippen LogP contribution in [0.2, 0.25) is 0 Å². The molecule has 0 aliphatic heterocycles. The average molecular weight is 231 g/mol. The summed E-state index contributed by atoms with van der Waals surface area (Å²) in [6.07, 6.45) is 3.93. The first kappa shape index (κ1) is 11.5. The third-order valence-electron chi connectivity index (χ3n) is 2.58. The summed E-state index contributed by atoms with van der Waals surface area (Å²) >= 11 is 0. The molecule has 4 heteroatoms. The zero-order valence-electron chi connectivity index (χ0n) is 10.2. The van der Waals surface area contributed by atoms with Crippen LogP contribution in [0.15, 0.2) is 36.7 Å². The molecular formula is C13H17N3O. The van der Waals surface area contributed by atoms with E-state index in [1.165, 1.54) is 5.56 Å². The number of hydrogen-bond donors (Lipinski definition) is 1. The van der Waals surface area contributed by atoms with Gasteiger partial charge >= 0.3 is 0 Å². The van der Waals surface area contributed by atoms with Crippen LogP contribution in [0.25, 0.3) is 0 Å². The molecule has 0 saturated heterocycles. The van der Waals surface area contributed by atoms with Gasteiger partial charge in [0.1, 0.15) is 5.75 Å². The van der Waals surface area contributed by atoms with Gasteiger partial charge in [-0.2, -0.15) is 5.10 Å². The molecule has 0 radical (unpaired) electrons. The lowest BCUT2D eigenvalue weighted by atomic mass is 10.3. The van der Waals surface area contributed by atoms with Crippen molar-refractivity contribution in [2.75, 3.05) is 12.4 Å². The van der Waals surface area contributed by atoms with Crippen molar-refractivity contribution in [3.8, 4) is 5.75 Å². The third kappa shape index (κ3) is 3.00. The topological polar surface area (TPSA) is 39.1 Å². The van der Waals surface area contributed by atoms with Gasteiger partial charge < -0.3 is 10.1 Å². The van der Waals surface area contributed by atoms with Crippen LogP contribution >= 0.6 is 0 Å². The second kappa shape index (κ2) is 5.39. The molecule has 0 atom stereocenters. The van der Waals surface area contributed by atoms with Crippen LogP contribution in [0.5, 0.6) is 5.75 Å². The Morgan fingerprint density at radius 1 is 1.41 bits per heavy atom. The molecule has 0 bridgehead atoms. The molecule has 0 aliphatic carbocycles. The Kier molecular flexibility index (Phi) is 3.65. The zero-order valence-corrected chi connectivity index (χ0v) is 10.2. The molecule has 2 rings (SSSR count). The molecule has 0 fully saturated rings. The van der Waals surface area contributed by atoms with Crippen molar-refractivity contribution in [2.24, 2.45) is 0 Å². The van der Waals surface area contributed by atoms with Gasteiger partial charge in [0, 0.05) is 36.6 Å². The first-order chi connectivity index (χ1) is 8.31. The number of methoxy groups -OCH3 is 1. The van der Waals surface area contributed by atoms with E-state index in [4.69, 9.17) is 4.74 Å². The molecule has 90 valence electrons. The van der Waals surface area contributed by atoms with Crippen molar-refractivity contribution in [1.82, 2.24) is 9.78 Å². The molecule has 1 heterocycles. The largest absolute Gasteiger partial charge is 0.497 e. The molecule has 0 amide bonds. The molecule has 0 saturated carbocycles. The van der Waals surface area contributed by atoms with E-state index in [0.717, 1.165) is 24.5 Å². The van der Waals surface area contributed by atoms with E-state index in [1.807, 2.05) is 41.3 Å². The lowest BCUT2D eigenvalue weighted by Crippen LogP contribution is -1.98. The van der Waals surface area contributed by atoms with Gasteiger partial charge in [-0.25, -0.2) is 0 Å². The summed E-state index contributed by atoms with van der Waals surface area (Å²) in [5.41, 5.74) is 2.23. The highest BCUT2D eigenvalue weighted by Crippen LogP contribution is 2.17. The minimum absolute atomic E-state index is 0.771. The fourth-order valence-electron chi connectivity index (χ4n) is 1.61. The lowest BCUT2D eigenvalue weighted by molar-refractivity contribution is 0.415. The highest BCUT2D eigenvalue weighted by molar-refractivity contribution is 5.48. The molecule has 4 nitrogen and oxygen atoms in total. The molecular weight excluding hydrogens is 214 g/mol. The van der Waals surface area contributed by atoms with Crippen LogP contribution in [0, 0.1) is 0 Å². The first-order valence-electron chi connectivity index (χ1n) is 5.71. The van der Waals surface area contributed by atoms with Crippen LogP contribution in [0.4, 0.5) is 5.69 Å². The molecule has 0 aliphatic rings. The summed E-state index contributed by atoms with van der Waals surface area (Å²) in [4.78, 5) is 0. The minimum Gasteiger partial charge on any atom is -0.497 e. The van der Waals surface area contributed by atoms with Gasteiger partial charge in [-0.15, -0.1) is 0 Å². The number of hydrogen-bond acceptors (Lipinski definition) is 3. The van der Waals surface area contributed by atoms with E-state index < -0.39 is 0 Å². The van der Waals surface area contributed by atoms with E-state index in [0.29, 0.717) is 0 Å². The minimum atomic E-state index is 0.771.